The highest BCUT2D eigenvalue weighted by Crippen LogP contribution is 2.63. The Balaban J connectivity index is 1.46. The van der Waals surface area contributed by atoms with E-state index in [1.165, 1.54) is 32.1 Å². The van der Waals surface area contributed by atoms with E-state index in [1.807, 2.05) is 0 Å². The topological polar surface area (TPSA) is 36.9 Å². The Labute approximate surface area is 113 Å². The summed E-state index contributed by atoms with van der Waals surface area (Å²) < 4.78 is 12.0. The maximum Gasteiger partial charge on any atom is 0.210 e. The number of ether oxygens (including phenoxy) is 2. The number of hydrogen-bond acceptors (Lipinski definition) is 4. The van der Waals surface area contributed by atoms with Crippen LogP contribution in [-0.2, 0) is 19.2 Å². The molecule has 19 heavy (non-hydrogen) atoms. The van der Waals surface area contributed by atoms with Gasteiger partial charge in [-0.25, -0.2) is 0 Å². The van der Waals surface area contributed by atoms with Crippen molar-refractivity contribution in [1.82, 2.24) is 0 Å². The van der Waals surface area contributed by atoms with Crippen LogP contribution in [0.15, 0.2) is 0 Å². The Morgan fingerprint density at radius 1 is 0.737 bits per heavy atom. The summed E-state index contributed by atoms with van der Waals surface area (Å²) >= 11 is 0. The van der Waals surface area contributed by atoms with Gasteiger partial charge >= 0.3 is 0 Å². The van der Waals surface area contributed by atoms with Gasteiger partial charge < -0.3 is 9.47 Å². The minimum Gasteiger partial charge on any atom is -0.381 e. The van der Waals surface area contributed by atoms with Gasteiger partial charge in [-0.15, -0.1) is 0 Å². The van der Waals surface area contributed by atoms with E-state index in [0.717, 1.165) is 37.9 Å². The van der Waals surface area contributed by atoms with Crippen LogP contribution in [0.25, 0.3) is 0 Å². The zero-order chi connectivity index (χ0) is 12.5. The minimum absolute atomic E-state index is 0.412. The Hall–Kier alpha value is -0.160. The molecule has 6 rings (SSSR count). The Bertz CT molecular complexity index is 360. The Morgan fingerprint density at radius 2 is 1.37 bits per heavy atom. The highest BCUT2D eigenvalue weighted by atomic mass is 17.3. The van der Waals surface area contributed by atoms with Gasteiger partial charge in [0, 0.05) is 24.7 Å². The van der Waals surface area contributed by atoms with Crippen LogP contribution in [0.1, 0.15) is 44.9 Å². The summed E-state index contributed by atoms with van der Waals surface area (Å²) in [4.78, 5) is 11.7. The third-order valence-corrected chi connectivity index (χ3v) is 6.20. The second-order valence-electron chi connectivity index (χ2n) is 7.32. The van der Waals surface area contributed by atoms with Gasteiger partial charge in [0.05, 0.1) is 13.2 Å². The first-order valence-corrected chi connectivity index (χ1v) is 7.93. The summed E-state index contributed by atoms with van der Waals surface area (Å²) in [7, 11) is 0. The molecule has 0 N–H and O–H groups in total. The monoisotopic (exact) mass is 266 g/mol. The largest absolute Gasteiger partial charge is 0.381 e. The van der Waals surface area contributed by atoms with Crippen molar-refractivity contribution in [3.05, 3.63) is 0 Å². The molecule has 4 heteroatoms. The third-order valence-electron chi connectivity index (χ3n) is 6.20. The van der Waals surface area contributed by atoms with E-state index >= 15 is 0 Å². The molecule has 0 radical (unpaired) electrons. The average molecular weight is 266 g/mol. The number of rotatable bonds is 0. The van der Waals surface area contributed by atoms with Crippen molar-refractivity contribution in [3.63, 3.8) is 0 Å². The molecule has 0 amide bonds. The van der Waals surface area contributed by atoms with Gasteiger partial charge in [-0.3, -0.25) is 0 Å². The van der Waals surface area contributed by atoms with Gasteiger partial charge in [0.2, 0.25) is 11.6 Å². The van der Waals surface area contributed by atoms with E-state index < -0.39 is 11.6 Å². The molecule has 2 spiro atoms. The molecule has 0 unspecified atom stereocenters. The molecule has 4 bridgehead atoms. The van der Waals surface area contributed by atoms with Crippen molar-refractivity contribution in [2.75, 3.05) is 13.2 Å². The van der Waals surface area contributed by atoms with Crippen molar-refractivity contribution in [1.29, 1.82) is 0 Å². The molecule has 6 fully saturated rings. The van der Waals surface area contributed by atoms with E-state index in [0.29, 0.717) is 11.8 Å². The van der Waals surface area contributed by atoms with Gasteiger partial charge in [-0.05, 0) is 43.9 Å². The lowest BCUT2D eigenvalue weighted by Gasteiger charge is -2.57. The van der Waals surface area contributed by atoms with Crippen LogP contribution in [0.4, 0.5) is 0 Å². The van der Waals surface area contributed by atoms with Crippen molar-refractivity contribution in [2.24, 2.45) is 23.7 Å². The highest BCUT2D eigenvalue weighted by Gasteiger charge is 2.66. The summed E-state index contributed by atoms with van der Waals surface area (Å²) in [6.45, 7) is 1.44. The van der Waals surface area contributed by atoms with Gasteiger partial charge in [0.25, 0.3) is 0 Å². The van der Waals surface area contributed by atoms with Crippen molar-refractivity contribution < 1.29 is 19.2 Å². The zero-order valence-corrected chi connectivity index (χ0v) is 11.3. The summed E-state index contributed by atoms with van der Waals surface area (Å²) in [5, 5.41) is 0. The fourth-order valence-electron chi connectivity index (χ4n) is 5.48. The maximum absolute atomic E-state index is 6.53. The minimum atomic E-state index is -0.506. The standard InChI is InChI=1S/C15H22O4/c1-3-16-4-2-14(1)17-15(19-18-14)12-6-10-5-11(8-12)9-13(15)7-10/h10-13H,1-9H2. The molecular weight excluding hydrogens is 244 g/mol. The first-order valence-electron chi connectivity index (χ1n) is 7.93. The first kappa shape index (κ1) is 11.5. The molecule has 4 nitrogen and oxygen atoms in total. The molecule has 2 saturated heterocycles. The summed E-state index contributed by atoms with van der Waals surface area (Å²) in [6.07, 6.45) is 8.18. The first-order chi connectivity index (χ1) is 9.28. The van der Waals surface area contributed by atoms with E-state index in [-0.39, 0.29) is 0 Å². The van der Waals surface area contributed by atoms with E-state index in [1.54, 1.807) is 0 Å². The van der Waals surface area contributed by atoms with Crippen molar-refractivity contribution in [2.45, 2.75) is 56.5 Å². The third kappa shape index (κ3) is 1.49. The summed E-state index contributed by atoms with van der Waals surface area (Å²) in [5.74, 6) is 2.05. The molecule has 2 heterocycles. The van der Waals surface area contributed by atoms with Gasteiger partial charge in [-0.2, -0.15) is 9.78 Å². The zero-order valence-electron chi connectivity index (χ0n) is 11.3. The van der Waals surface area contributed by atoms with Gasteiger partial charge in [0.15, 0.2) is 0 Å². The van der Waals surface area contributed by atoms with Crippen LogP contribution >= 0.6 is 0 Å². The van der Waals surface area contributed by atoms with E-state index in [9.17, 15) is 0 Å². The fourth-order valence-corrected chi connectivity index (χ4v) is 5.48. The SMILES string of the molecule is C1CC2(CCO1)OOC1(O2)C2CC3CC(C2)CC1C3. The molecule has 6 aliphatic rings. The van der Waals surface area contributed by atoms with Crippen LogP contribution in [-0.4, -0.2) is 24.8 Å². The van der Waals surface area contributed by atoms with E-state index in [4.69, 9.17) is 19.2 Å². The molecule has 2 aliphatic heterocycles. The molecule has 0 atom stereocenters. The number of hydrogen-bond donors (Lipinski definition) is 0. The van der Waals surface area contributed by atoms with E-state index in [2.05, 4.69) is 0 Å². The van der Waals surface area contributed by atoms with Crippen LogP contribution in [0, 0.1) is 23.7 Å². The van der Waals surface area contributed by atoms with Crippen LogP contribution in [0.5, 0.6) is 0 Å². The smallest absolute Gasteiger partial charge is 0.210 e. The van der Waals surface area contributed by atoms with Gasteiger partial charge in [-0.1, -0.05) is 0 Å². The average Bonchev–Trinajstić information content (AvgIpc) is 2.77. The predicted octanol–water partition coefficient (Wildman–Crippen LogP) is 2.62. The molecule has 0 aromatic heterocycles. The maximum atomic E-state index is 6.53. The molecule has 0 aromatic rings. The van der Waals surface area contributed by atoms with Crippen molar-refractivity contribution in [3.8, 4) is 0 Å². The van der Waals surface area contributed by atoms with Crippen molar-refractivity contribution >= 4 is 0 Å². The second-order valence-corrected chi connectivity index (χ2v) is 7.32. The summed E-state index contributed by atoms with van der Waals surface area (Å²) in [6, 6.07) is 0. The molecule has 0 aromatic carbocycles. The lowest BCUT2D eigenvalue weighted by atomic mass is 9.53. The lowest BCUT2D eigenvalue weighted by molar-refractivity contribution is -0.391. The normalized spacial score (nSPS) is 54.3. The molecule has 106 valence electrons. The second kappa shape index (κ2) is 3.73. The lowest BCUT2D eigenvalue weighted by Crippen LogP contribution is -2.59. The quantitative estimate of drug-likeness (QED) is 0.632. The fraction of sp³-hybridized carbons (Fsp3) is 1.00. The molecule has 4 saturated carbocycles. The predicted molar refractivity (Wildman–Crippen MR) is 65.8 cm³/mol. The van der Waals surface area contributed by atoms with Gasteiger partial charge in [0.1, 0.15) is 0 Å². The molecular formula is C15H22O4. The van der Waals surface area contributed by atoms with Crippen LogP contribution in [0.2, 0.25) is 0 Å². The Kier molecular flexibility index (Phi) is 2.26. The summed E-state index contributed by atoms with van der Waals surface area (Å²) in [5.41, 5.74) is 0. The highest BCUT2D eigenvalue weighted by molar-refractivity contribution is 5.05. The van der Waals surface area contributed by atoms with Crippen LogP contribution < -0.4 is 0 Å². The van der Waals surface area contributed by atoms with Crippen LogP contribution in [0.3, 0.4) is 0 Å². The Morgan fingerprint density at radius 3 is 2.00 bits per heavy atom. The molecule has 4 aliphatic carbocycles.